The number of carbonyl (C=O) groups excluding carboxylic acids is 1. The maximum atomic E-state index is 12.3. The van der Waals surface area contributed by atoms with Crippen LogP contribution in [0.1, 0.15) is 69.3 Å². The minimum Gasteiger partial charge on any atom is -0.507 e. The summed E-state index contributed by atoms with van der Waals surface area (Å²) >= 11 is 0. The Morgan fingerprint density at radius 1 is 1.05 bits per heavy atom. The number of phenolic OH excluding ortho intramolecular Hbond substituents is 1. The lowest BCUT2D eigenvalue weighted by Gasteiger charge is -2.47. The number of aromatic nitrogens is 5. The molecule has 3 aromatic heterocycles. The number of ether oxygens (including phenoxy) is 1. The smallest absolute Gasteiger partial charge is 0.410 e. The number of carbonyl (C=O) groups is 1. The Hall–Kier alpha value is -4.25. The predicted molar refractivity (Wildman–Crippen MR) is 168 cm³/mol. The largest absolute Gasteiger partial charge is 0.507 e. The Balaban J connectivity index is 0.996. The van der Waals surface area contributed by atoms with Crippen molar-refractivity contribution in [2.24, 2.45) is 0 Å². The van der Waals surface area contributed by atoms with Gasteiger partial charge in [0.25, 0.3) is 0 Å². The molecule has 6 heterocycles. The molecular formula is C33H40N8O3. The number of H-pyrrole nitrogens is 1. The van der Waals surface area contributed by atoms with Crippen LogP contribution >= 0.6 is 0 Å². The third kappa shape index (κ3) is 5.34. The number of aromatic amines is 1. The number of amides is 1. The first-order chi connectivity index (χ1) is 21.1. The van der Waals surface area contributed by atoms with Gasteiger partial charge in [-0.15, -0.1) is 10.2 Å². The summed E-state index contributed by atoms with van der Waals surface area (Å²) in [6.07, 6.45) is 6.76. The van der Waals surface area contributed by atoms with Gasteiger partial charge in [0.15, 0.2) is 5.65 Å². The minimum absolute atomic E-state index is 0.0470. The highest BCUT2D eigenvalue weighted by molar-refractivity contribution is 5.86. The standard InChI is InChI=1S/C33H40N8O3/c1-20-29-25-15-27(24-7-5-6-8-28(24)42)37-38-30(25)36-26(29)11-14-41(20)31-34-16-22(17-35-31)21-9-12-39(13-10-21)23-18-40(19-23)32(43)44-33(2,3)4/h5-8,15-17,20-21,23,42H,9-14,18-19H2,1-4H3,(H,36,38). The number of rotatable bonds is 4. The van der Waals surface area contributed by atoms with E-state index < -0.39 is 5.60 Å². The van der Waals surface area contributed by atoms with Gasteiger partial charge in [-0.1, -0.05) is 12.1 Å². The second kappa shape index (κ2) is 11.0. The molecule has 1 unspecified atom stereocenters. The highest BCUT2D eigenvalue weighted by Crippen LogP contribution is 2.38. The average molecular weight is 597 g/mol. The third-order valence-electron chi connectivity index (χ3n) is 9.29. The highest BCUT2D eigenvalue weighted by atomic mass is 16.6. The summed E-state index contributed by atoms with van der Waals surface area (Å²) in [5.74, 6) is 1.36. The lowest BCUT2D eigenvalue weighted by atomic mass is 9.90. The molecule has 7 rings (SSSR count). The quantitative estimate of drug-likeness (QED) is 0.333. The second-order valence-corrected chi connectivity index (χ2v) is 13.3. The van der Waals surface area contributed by atoms with Gasteiger partial charge in [0.1, 0.15) is 11.4 Å². The molecule has 3 aliphatic rings. The van der Waals surface area contributed by atoms with Gasteiger partial charge in [-0.05, 0) is 83.3 Å². The lowest BCUT2D eigenvalue weighted by Crippen LogP contribution is -2.62. The summed E-state index contributed by atoms with van der Waals surface area (Å²) < 4.78 is 5.51. The van der Waals surface area contributed by atoms with Crippen LogP contribution in [0.2, 0.25) is 0 Å². The topological polar surface area (TPSA) is 124 Å². The molecule has 0 saturated carbocycles. The first kappa shape index (κ1) is 28.5. The molecule has 3 aliphatic heterocycles. The fraction of sp³-hybridized carbons (Fsp3) is 0.485. The summed E-state index contributed by atoms with van der Waals surface area (Å²) in [5.41, 5.74) is 5.14. The second-order valence-electron chi connectivity index (χ2n) is 13.3. The molecule has 230 valence electrons. The van der Waals surface area contributed by atoms with E-state index in [9.17, 15) is 9.90 Å². The van der Waals surface area contributed by atoms with Gasteiger partial charge >= 0.3 is 6.09 Å². The zero-order valence-corrected chi connectivity index (χ0v) is 25.8. The van der Waals surface area contributed by atoms with Crippen molar-refractivity contribution in [3.05, 3.63) is 59.5 Å². The summed E-state index contributed by atoms with van der Waals surface area (Å²) in [7, 11) is 0. The number of hydrogen-bond acceptors (Lipinski definition) is 9. The van der Waals surface area contributed by atoms with Gasteiger partial charge in [0.05, 0.1) is 11.7 Å². The molecule has 1 aromatic carbocycles. The van der Waals surface area contributed by atoms with Crippen molar-refractivity contribution in [1.29, 1.82) is 0 Å². The van der Waals surface area contributed by atoms with Crippen LogP contribution in [0.5, 0.6) is 5.75 Å². The van der Waals surface area contributed by atoms with E-state index in [-0.39, 0.29) is 17.9 Å². The number of nitrogens with one attached hydrogen (secondary N) is 1. The molecule has 0 bridgehead atoms. The van der Waals surface area contributed by atoms with E-state index in [1.165, 1.54) is 11.1 Å². The molecule has 4 aromatic rings. The van der Waals surface area contributed by atoms with Crippen LogP contribution in [0.25, 0.3) is 22.3 Å². The number of para-hydroxylation sites is 1. The number of aromatic hydroxyl groups is 1. The first-order valence-corrected chi connectivity index (χ1v) is 15.6. The van der Waals surface area contributed by atoms with Crippen molar-refractivity contribution >= 4 is 23.1 Å². The Labute approximate surface area is 257 Å². The Bertz CT molecular complexity index is 1670. The van der Waals surface area contributed by atoms with Gasteiger partial charge < -0.3 is 24.6 Å². The fourth-order valence-electron chi connectivity index (χ4n) is 6.86. The van der Waals surface area contributed by atoms with Gasteiger partial charge in [-0.25, -0.2) is 14.8 Å². The number of hydrogen-bond donors (Lipinski definition) is 2. The third-order valence-corrected chi connectivity index (χ3v) is 9.29. The Morgan fingerprint density at radius 2 is 1.77 bits per heavy atom. The maximum absolute atomic E-state index is 12.3. The number of fused-ring (bicyclic) bond motifs is 3. The molecule has 1 amide bonds. The molecule has 2 saturated heterocycles. The van der Waals surface area contributed by atoms with Gasteiger partial charge in [0, 0.05) is 66.7 Å². The molecule has 2 fully saturated rings. The highest BCUT2D eigenvalue weighted by Gasteiger charge is 2.38. The van der Waals surface area contributed by atoms with Gasteiger partial charge in [-0.3, -0.25) is 4.90 Å². The minimum atomic E-state index is -0.461. The number of phenols is 1. The van der Waals surface area contributed by atoms with E-state index >= 15 is 0 Å². The van der Waals surface area contributed by atoms with E-state index in [0.29, 0.717) is 23.2 Å². The van der Waals surface area contributed by atoms with Crippen molar-refractivity contribution in [2.75, 3.05) is 37.6 Å². The van der Waals surface area contributed by atoms with E-state index in [4.69, 9.17) is 14.7 Å². The fourth-order valence-corrected chi connectivity index (χ4v) is 6.86. The molecule has 1 atom stereocenters. The number of nitrogens with zero attached hydrogens (tertiary/aromatic N) is 7. The zero-order chi connectivity index (χ0) is 30.6. The number of anilines is 1. The molecule has 2 N–H and O–H groups in total. The van der Waals surface area contributed by atoms with Crippen LogP contribution < -0.4 is 4.90 Å². The molecule has 11 nitrogen and oxygen atoms in total. The van der Waals surface area contributed by atoms with Crippen molar-refractivity contribution in [3.63, 3.8) is 0 Å². The van der Waals surface area contributed by atoms with Crippen LogP contribution in [0, 0.1) is 0 Å². The lowest BCUT2D eigenvalue weighted by molar-refractivity contribution is -0.0196. The van der Waals surface area contributed by atoms with Crippen LogP contribution in [0.15, 0.2) is 42.7 Å². The normalized spacial score (nSPS) is 20.0. The van der Waals surface area contributed by atoms with Crippen molar-refractivity contribution in [3.8, 4) is 17.0 Å². The van der Waals surface area contributed by atoms with Crippen molar-refractivity contribution < 1.29 is 14.6 Å². The van der Waals surface area contributed by atoms with Crippen LogP contribution in [0.4, 0.5) is 10.7 Å². The summed E-state index contributed by atoms with van der Waals surface area (Å²) in [5, 5.41) is 20.2. The van der Waals surface area contributed by atoms with Crippen LogP contribution in [-0.4, -0.2) is 90.5 Å². The van der Waals surface area contributed by atoms with Gasteiger partial charge in [0.2, 0.25) is 5.95 Å². The van der Waals surface area contributed by atoms with E-state index in [1.54, 1.807) is 17.0 Å². The zero-order valence-electron chi connectivity index (χ0n) is 25.8. The van der Waals surface area contributed by atoms with Crippen molar-refractivity contribution in [1.82, 2.24) is 34.9 Å². The molecule has 11 heteroatoms. The Kier molecular flexibility index (Phi) is 7.15. The van der Waals surface area contributed by atoms with Gasteiger partial charge in [-0.2, -0.15) is 0 Å². The summed E-state index contributed by atoms with van der Waals surface area (Å²) in [6.45, 7) is 12.2. The SMILES string of the molecule is CC1c2c([nH]c3nnc(-c4ccccc4O)cc23)CCN1c1ncc(C2CCN(C3CN(C(=O)OC(C)(C)C)C3)CC2)cn1. The number of likely N-dealkylation sites (tertiary alicyclic amines) is 2. The average Bonchev–Trinajstić information content (AvgIpc) is 3.35. The van der Waals surface area contributed by atoms with Crippen LogP contribution in [-0.2, 0) is 11.2 Å². The molecule has 0 aliphatic carbocycles. The number of benzene rings is 1. The van der Waals surface area contributed by atoms with E-state index in [0.717, 1.165) is 74.7 Å². The Morgan fingerprint density at radius 3 is 2.48 bits per heavy atom. The van der Waals surface area contributed by atoms with E-state index in [1.807, 2.05) is 51.4 Å². The molecule has 44 heavy (non-hydrogen) atoms. The molecular weight excluding hydrogens is 556 g/mol. The maximum Gasteiger partial charge on any atom is 0.410 e. The van der Waals surface area contributed by atoms with Crippen LogP contribution in [0.3, 0.4) is 0 Å². The van der Waals surface area contributed by atoms with E-state index in [2.05, 4.69) is 31.9 Å². The molecule has 0 radical (unpaired) electrons. The predicted octanol–water partition coefficient (Wildman–Crippen LogP) is 5.04. The first-order valence-electron chi connectivity index (χ1n) is 15.6. The van der Waals surface area contributed by atoms with Crippen molar-refractivity contribution in [2.45, 2.75) is 70.6 Å². The monoisotopic (exact) mass is 596 g/mol. The summed E-state index contributed by atoms with van der Waals surface area (Å²) in [6, 6.07) is 9.68. The number of piperidine rings is 1. The summed E-state index contributed by atoms with van der Waals surface area (Å²) in [4.78, 5) is 32.0. The molecule has 0 spiro atoms.